The Kier molecular flexibility index (Phi) is 3.93. The maximum Gasteiger partial charge on any atom is 0.0498 e. The van der Waals surface area contributed by atoms with Crippen LogP contribution in [0.5, 0.6) is 0 Å². The third-order valence-corrected chi connectivity index (χ3v) is 3.75. The zero-order valence-electron chi connectivity index (χ0n) is 10.7. The van der Waals surface area contributed by atoms with Gasteiger partial charge in [-0.05, 0) is 17.5 Å². The second-order valence-electron chi connectivity index (χ2n) is 5.32. The van der Waals surface area contributed by atoms with Crippen LogP contribution in [0.2, 0.25) is 0 Å². The molecule has 0 saturated carbocycles. The largest absolute Gasteiger partial charge is 0.396 e. The smallest absolute Gasteiger partial charge is 0.0498 e. The van der Waals surface area contributed by atoms with Gasteiger partial charge in [-0.3, -0.25) is 0 Å². The van der Waals surface area contributed by atoms with Crippen LogP contribution in [0.1, 0.15) is 13.8 Å². The molecule has 0 aliphatic rings. The molecule has 0 heterocycles. The van der Waals surface area contributed by atoms with Crippen LogP contribution >= 0.6 is 15.9 Å². The summed E-state index contributed by atoms with van der Waals surface area (Å²) in [5, 5.41) is 15.1. The third kappa shape index (κ3) is 2.85. The molecule has 2 aromatic rings. The molecule has 0 atom stereocenters. The molecule has 2 nitrogen and oxygen atoms in total. The summed E-state index contributed by atoms with van der Waals surface area (Å²) in [6.07, 6.45) is 0. The van der Waals surface area contributed by atoms with Gasteiger partial charge in [-0.2, -0.15) is 0 Å². The van der Waals surface area contributed by atoms with E-state index >= 15 is 0 Å². The van der Waals surface area contributed by atoms with Gasteiger partial charge >= 0.3 is 0 Å². The zero-order chi connectivity index (χ0) is 13.2. The van der Waals surface area contributed by atoms with Crippen molar-refractivity contribution in [3.63, 3.8) is 0 Å². The summed E-state index contributed by atoms with van der Waals surface area (Å²) in [5.41, 5.74) is 0.990. The molecular weight excluding hydrogens is 290 g/mol. The van der Waals surface area contributed by atoms with E-state index < -0.39 is 0 Å². The number of aliphatic hydroxyl groups is 1. The van der Waals surface area contributed by atoms with E-state index in [1.807, 2.05) is 26.0 Å². The molecule has 2 N–H and O–H groups in total. The second-order valence-corrected chi connectivity index (χ2v) is 6.17. The number of anilines is 1. The van der Waals surface area contributed by atoms with Gasteiger partial charge in [-0.15, -0.1) is 0 Å². The lowest BCUT2D eigenvalue weighted by Gasteiger charge is -2.23. The molecule has 2 aromatic carbocycles. The monoisotopic (exact) mass is 307 g/mol. The highest BCUT2D eigenvalue weighted by molar-refractivity contribution is 9.10. The molecule has 0 spiro atoms. The van der Waals surface area contributed by atoms with Crippen molar-refractivity contribution >= 4 is 32.4 Å². The fourth-order valence-electron chi connectivity index (χ4n) is 1.81. The summed E-state index contributed by atoms with van der Waals surface area (Å²) in [6.45, 7) is 5.01. The SMILES string of the molecule is CC(C)(CO)CNc1ccc(Br)c2ccccc12. The molecular formula is C15H18BrNO. The van der Waals surface area contributed by atoms with Crippen LogP contribution in [-0.4, -0.2) is 18.3 Å². The van der Waals surface area contributed by atoms with Crippen molar-refractivity contribution in [3.05, 3.63) is 40.9 Å². The van der Waals surface area contributed by atoms with E-state index in [4.69, 9.17) is 0 Å². The summed E-state index contributed by atoms with van der Waals surface area (Å²) in [5.74, 6) is 0. The number of halogens is 1. The van der Waals surface area contributed by atoms with Gasteiger partial charge in [0.25, 0.3) is 0 Å². The number of aliphatic hydroxyl groups excluding tert-OH is 1. The van der Waals surface area contributed by atoms with Gasteiger partial charge in [-0.1, -0.05) is 54.0 Å². The molecule has 0 fully saturated rings. The van der Waals surface area contributed by atoms with Gasteiger partial charge < -0.3 is 10.4 Å². The van der Waals surface area contributed by atoms with Crippen LogP contribution in [0.15, 0.2) is 40.9 Å². The first kappa shape index (κ1) is 13.4. The van der Waals surface area contributed by atoms with Crippen molar-refractivity contribution in [1.29, 1.82) is 0 Å². The lowest BCUT2D eigenvalue weighted by Crippen LogP contribution is -2.26. The van der Waals surface area contributed by atoms with Gasteiger partial charge in [-0.25, -0.2) is 0 Å². The summed E-state index contributed by atoms with van der Waals surface area (Å²) in [4.78, 5) is 0. The number of nitrogens with one attached hydrogen (secondary N) is 1. The molecule has 0 aliphatic carbocycles. The van der Waals surface area contributed by atoms with Crippen LogP contribution < -0.4 is 5.32 Å². The first-order chi connectivity index (χ1) is 8.53. The van der Waals surface area contributed by atoms with E-state index in [0.29, 0.717) is 0 Å². The number of fused-ring (bicyclic) bond motifs is 1. The number of benzene rings is 2. The Morgan fingerprint density at radius 3 is 2.44 bits per heavy atom. The van der Waals surface area contributed by atoms with Crippen LogP contribution in [0, 0.1) is 5.41 Å². The van der Waals surface area contributed by atoms with Crippen molar-refractivity contribution in [2.75, 3.05) is 18.5 Å². The van der Waals surface area contributed by atoms with Crippen molar-refractivity contribution in [2.24, 2.45) is 5.41 Å². The Hall–Kier alpha value is -1.06. The Bertz CT molecular complexity index is 551. The third-order valence-electron chi connectivity index (χ3n) is 3.06. The molecule has 0 saturated heterocycles. The molecule has 2 rings (SSSR count). The van der Waals surface area contributed by atoms with Crippen LogP contribution in [0.25, 0.3) is 10.8 Å². The van der Waals surface area contributed by atoms with Gasteiger partial charge in [0, 0.05) is 34.1 Å². The highest BCUT2D eigenvalue weighted by atomic mass is 79.9. The first-order valence-electron chi connectivity index (χ1n) is 6.05. The molecule has 0 unspecified atom stereocenters. The zero-order valence-corrected chi connectivity index (χ0v) is 12.3. The Labute approximate surface area is 116 Å². The number of hydrogen-bond donors (Lipinski definition) is 2. The molecule has 18 heavy (non-hydrogen) atoms. The maximum absolute atomic E-state index is 9.28. The van der Waals surface area contributed by atoms with Crippen molar-refractivity contribution in [1.82, 2.24) is 0 Å². The minimum absolute atomic E-state index is 0.117. The van der Waals surface area contributed by atoms with E-state index in [1.54, 1.807) is 0 Å². The molecule has 3 heteroatoms. The second kappa shape index (κ2) is 5.29. The molecule has 0 bridgehead atoms. The lowest BCUT2D eigenvalue weighted by atomic mass is 9.94. The van der Waals surface area contributed by atoms with E-state index in [2.05, 4.69) is 45.5 Å². The molecule has 96 valence electrons. The highest BCUT2D eigenvalue weighted by Crippen LogP contribution is 2.30. The van der Waals surface area contributed by atoms with Gasteiger partial charge in [0.1, 0.15) is 0 Å². The number of hydrogen-bond acceptors (Lipinski definition) is 2. The Morgan fingerprint density at radius 1 is 1.11 bits per heavy atom. The van der Waals surface area contributed by atoms with Gasteiger partial charge in [0.2, 0.25) is 0 Å². The van der Waals surface area contributed by atoms with Crippen LogP contribution in [0.3, 0.4) is 0 Å². The van der Waals surface area contributed by atoms with Gasteiger partial charge in [0.15, 0.2) is 0 Å². The molecule has 0 aliphatic heterocycles. The topological polar surface area (TPSA) is 32.3 Å². The summed E-state index contributed by atoms with van der Waals surface area (Å²) in [6, 6.07) is 12.4. The highest BCUT2D eigenvalue weighted by Gasteiger charge is 2.16. The predicted molar refractivity (Wildman–Crippen MR) is 81.0 cm³/mol. The van der Waals surface area contributed by atoms with Gasteiger partial charge in [0.05, 0.1) is 0 Å². The normalized spacial score (nSPS) is 11.8. The summed E-state index contributed by atoms with van der Waals surface area (Å²) >= 11 is 3.57. The molecule has 0 aromatic heterocycles. The van der Waals surface area contributed by atoms with E-state index in [0.717, 1.165) is 16.7 Å². The number of rotatable bonds is 4. The van der Waals surface area contributed by atoms with Crippen molar-refractivity contribution in [3.8, 4) is 0 Å². The van der Waals surface area contributed by atoms with E-state index in [-0.39, 0.29) is 12.0 Å². The minimum Gasteiger partial charge on any atom is -0.396 e. The fraction of sp³-hybridized carbons (Fsp3) is 0.333. The van der Waals surface area contributed by atoms with Crippen LogP contribution in [0.4, 0.5) is 5.69 Å². The molecule has 0 radical (unpaired) electrons. The Morgan fingerprint density at radius 2 is 1.78 bits per heavy atom. The maximum atomic E-state index is 9.28. The van der Waals surface area contributed by atoms with E-state index in [9.17, 15) is 5.11 Å². The van der Waals surface area contributed by atoms with E-state index in [1.165, 1.54) is 10.8 Å². The average molecular weight is 308 g/mol. The fourth-order valence-corrected chi connectivity index (χ4v) is 2.28. The van der Waals surface area contributed by atoms with Crippen LogP contribution in [-0.2, 0) is 0 Å². The Balaban J connectivity index is 2.32. The summed E-state index contributed by atoms with van der Waals surface area (Å²) in [7, 11) is 0. The van der Waals surface area contributed by atoms with Crippen molar-refractivity contribution < 1.29 is 5.11 Å². The predicted octanol–water partition coefficient (Wildman–Crippen LogP) is 4.03. The minimum atomic E-state index is -0.117. The summed E-state index contributed by atoms with van der Waals surface area (Å²) < 4.78 is 1.10. The van der Waals surface area contributed by atoms with Crippen molar-refractivity contribution in [2.45, 2.75) is 13.8 Å². The molecule has 0 amide bonds. The average Bonchev–Trinajstić information content (AvgIpc) is 2.38. The lowest BCUT2D eigenvalue weighted by molar-refractivity contribution is 0.171. The quantitative estimate of drug-likeness (QED) is 0.893. The first-order valence-corrected chi connectivity index (χ1v) is 6.85. The standard InChI is InChI=1S/C15H18BrNO/c1-15(2,10-18)9-17-14-8-7-13(16)11-5-3-4-6-12(11)14/h3-8,17-18H,9-10H2,1-2H3.